The van der Waals surface area contributed by atoms with E-state index in [1.807, 2.05) is 13.0 Å². The van der Waals surface area contributed by atoms with Crippen molar-refractivity contribution in [3.8, 4) is 23.8 Å². The predicted octanol–water partition coefficient (Wildman–Crippen LogP) is 2.93. The van der Waals surface area contributed by atoms with Crippen molar-refractivity contribution < 1.29 is 4.74 Å². The molecule has 4 nitrogen and oxygen atoms in total. The van der Waals surface area contributed by atoms with Crippen LogP contribution in [0, 0.1) is 29.6 Å². The number of ether oxygens (including phenoxy) is 1. The summed E-state index contributed by atoms with van der Waals surface area (Å²) in [5.74, 6) is 0.825. The third kappa shape index (κ3) is 2.28. The van der Waals surface area contributed by atoms with Gasteiger partial charge in [-0.05, 0) is 42.8 Å². The summed E-state index contributed by atoms with van der Waals surface area (Å²) in [6, 6.07) is 12.5. The maximum absolute atomic E-state index is 9.05. The summed E-state index contributed by atoms with van der Waals surface area (Å²) in [6.07, 6.45) is 1.59. The van der Waals surface area contributed by atoms with Crippen LogP contribution in [0.3, 0.4) is 0 Å². The Hall–Kier alpha value is -2.85. The molecule has 0 saturated carbocycles. The van der Waals surface area contributed by atoms with Crippen LogP contribution >= 0.6 is 0 Å². The van der Waals surface area contributed by atoms with Gasteiger partial charge in [0.15, 0.2) is 0 Å². The highest BCUT2D eigenvalue weighted by molar-refractivity contribution is 5.46. The molecule has 0 bridgehead atoms. The van der Waals surface area contributed by atoms with Gasteiger partial charge in [0, 0.05) is 6.20 Å². The number of hydrogen-bond acceptors (Lipinski definition) is 4. The molecule has 0 aliphatic rings. The van der Waals surface area contributed by atoms with Gasteiger partial charge >= 0.3 is 0 Å². The molecule has 1 aromatic carbocycles. The van der Waals surface area contributed by atoms with E-state index >= 15 is 0 Å². The number of nitriles is 2. The van der Waals surface area contributed by atoms with Gasteiger partial charge in [-0.25, -0.2) is 4.98 Å². The van der Waals surface area contributed by atoms with Gasteiger partial charge in [-0.1, -0.05) is 0 Å². The van der Waals surface area contributed by atoms with E-state index in [9.17, 15) is 0 Å². The summed E-state index contributed by atoms with van der Waals surface area (Å²) < 4.78 is 5.54. The first-order chi connectivity index (χ1) is 8.74. The molecule has 2 aromatic rings. The van der Waals surface area contributed by atoms with Gasteiger partial charge in [0.25, 0.3) is 0 Å². The third-order valence-electron chi connectivity index (χ3n) is 2.43. The van der Waals surface area contributed by atoms with Crippen molar-refractivity contribution in [2.24, 2.45) is 0 Å². The molecule has 0 fully saturated rings. The molecule has 1 aromatic heterocycles. The van der Waals surface area contributed by atoms with Gasteiger partial charge in [-0.15, -0.1) is 0 Å². The lowest BCUT2D eigenvalue weighted by Gasteiger charge is -2.07. The number of nitrogens with zero attached hydrogens (tertiary/aromatic N) is 3. The Morgan fingerprint density at radius 3 is 2.39 bits per heavy atom. The van der Waals surface area contributed by atoms with Crippen molar-refractivity contribution in [3.63, 3.8) is 0 Å². The van der Waals surface area contributed by atoms with Gasteiger partial charge in [0.05, 0.1) is 11.6 Å². The van der Waals surface area contributed by atoms with E-state index in [1.54, 1.807) is 36.5 Å². The van der Waals surface area contributed by atoms with Crippen LogP contribution in [0.1, 0.15) is 16.7 Å². The number of rotatable bonds is 2. The Morgan fingerprint density at radius 1 is 1.06 bits per heavy atom. The molecule has 2 rings (SSSR count). The molecule has 0 saturated heterocycles. The lowest BCUT2D eigenvalue weighted by atomic mass is 10.2. The van der Waals surface area contributed by atoms with Crippen LogP contribution in [0.25, 0.3) is 0 Å². The lowest BCUT2D eigenvalue weighted by Crippen LogP contribution is -1.94. The zero-order valence-corrected chi connectivity index (χ0v) is 9.71. The number of aryl methyl sites for hydroxylation is 1. The monoisotopic (exact) mass is 235 g/mol. The van der Waals surface area contributed by atoms with Crippen molar-refractivity contribution in [2.75, 3.05) is 0 Å². The molecule has 0 spiro atoms. The highest BCUT2D eigenvalue weighted by Gasteiger charge is 2.08. The summed E-state index contributed by atoms with van der Waals surface area (Å²) >= 11 is 0. The van der Waals surface area contributed by atoms with Crippen molar-refractivity contribution in [3.05, 3.63) is 53.2 Å². The zero-order valence-electron chi connectivity index (χ0n) is 9.71. The molecule has 0 radical (unpaired) electrons. The van der Waals surface area contributed by atoms with E-state index in [1.165, 1.54) is 0 Å². The molecule has 0 amide bonds. The largest absolute Gasteiger partial charge is 0.438 e. The van der Waals surface area contributed by atoms with Crippen molar-refractivity contribution in [2.45, 2.75) is 6.92 Å². The van der Waals surface area contributed by atoms with Gasteiger partial charge in [-0.3, -0.25) is 0 Å². The summed E-state index contributed by atoms with van der Waals surface area (Å²) in [5.41, 5.74) is 1.79. The number of pyridine rings is 1. The molecule has 0 unspecified atom stereocenters. The summed E-state index contributed by atoms with van der Waals surface area (Å²) in [7, 11) is 0. The molecule has 18 heavy (non-hydrogen) atoms. The highest BCUT2D eigenvalue weighted by Crippen LogP contribution is 2.24. The van der Waals surface area contributed by atoms with Crippen LogP contribution in [-0.4, -0.2) is 4.98 Å². The van der Waals surface area contributed by atoms with Gasteiger partial charge in [0.1, 0.15) is 17.4 Å². The van der Waals surface area contributed by atoms with Crippen LogP contribution in [-0.2, 0) is 0 Å². The van der Waals surface area contributed by atoms with E-state index in [4.69, 9.17) is 15.3 Å². The second kappa shape index (κ2) is 4.99. The molecule has 4 heteroatoms. The van der Waals surface area contributed by atoms with Gasteiger partial charge < -0.3 is 4.74 Å². The zero-order chi connectivity index (χ0) is 13.0. The van der Waals surface area contributed by atoms with Crippen LogP contribution < -0.4 is 4.74 Å². The molecule has 86 valence electrons. The fraction of sp³-hybridized carbons (Fsp3) is 0.0714. The van der Waals surface area contributed by atoms with Crippen LogP contribution in [0.5, 0.6) is 11.6 Å². The Kier molecular flexibility index (Phi) is 3.22. The Bertz CT molecular complexity index is 648. The summed E-state index contributed by atoms with van der Waals surface area (Å²) in [4.78, 5) is 4.04. The Morgan fingerprint density at radius 2 is 1.78 bits per heavy atom. The van der Waals surface area contributed by atoms with Crippen LogP contribution in [0.15, 0.2) is 36.5 Å². The average molecular weight is 235 g/mol. The van der Waals surface area contributed by atoms with Crippen LogP contribution in [0.4, 0.5) is 0 Å². The molecular weight excluding hydrogens is 226 g/mol. The lowest BCUT2D eigenvalue weighted by molar-refractivity contribution is 0.460. The fourth-order valence-corrected chi connectivity index (χ4v) is 1.46. The van der Waals surface area contributed by atoms with Crippen molar-refractivity contribution in [1.82, 2.24) is 4.98 Å². The third-order valence-corrected chi connectivity index (χ3v) is 2.43. The quantitative estimate of drug-likeness (QED) is 0.802. The predicted molar refractivity (Wildman–Crippen MR) is 64.9 cm³/mol. The molecule has 0 N–H and O–H groups in total. The summed E-state index contributed by atoms with van der Waals surface area (Å²) in [5, 5.41) is 17.7. The SMILES string of the molecule is Cc1ccnc(Oc2ccc(C#N)cc2)c1C#N. The van der Waals surface area contributed by atoms with Crippen molar-refractivity contribution >= 4 is 0 Å². The van der Waals surface area contributed by atoms with E-state index in [0.29, 0.717) is 16.9 Å². The van der Waals surface area contributed by atoms with Gasteiger partial charge in [0.2, 0.25) is 5.88 Å². The first-order valence-electron chi connectivity index (χ1n) is 5.28. The second-order valence-corrected chi connectivity index (χ2v) is 3.66. The number of aromatic nitrogens is 1. The second-order valence-electron chi connectivity index (χ2n) is 3.66. The molecule has 0 aliphatic heterocycles. The van der Waals surface area contributed by atoms with E-state index in [0.717, 1.165) is 5.56 Å². The summed E-state index contributed by atoms with van der Waals surface area (Å²) in [6.45, 7) is 1.83. The maximum atomic E-state index is 9.05. The smallest absolute Gasteiger partial charge is 0.237 e. The highest BCUT2D eigenvalue weighted by atomic mass is 16.5. The first-order valence-corrected chi connectivity index (χ1v) is 5.28. The van der Waals surface area contributed by atoms with Crippen LogP contribution in [0.2, 0.25) is 0 Å². The molecule has 0 aliphatic carbocycles. The minimum Gasteiger partial charge on any atom is -0.438 e. The minimum absolute atomic E-state index is 0.280. The maximum Gasteiger partial charge on any atom is 0.237 e. The number of hydrogen-bond donors (Lipinski definition) is 0. The van der Waals surface area contributed by atoms with E-state index in [-0.39, 0.29) is 5.88 Å². The Labute approximate surface area is 105 Å². The first kappa shape index (κ1) is 11.6. The standard InChI is InChI=1S/C14H9N3O/c1-10-6-7-17-14(13(10)9-16)18-12-4-2-11(8-15)3-5-12/h2-7H,1H3. The fourth-order valence-electron chi connectivity index (χ4n) is 1.46. The normalized spacial score (nSPS) is 9.28. The molecule has 1 heterocycles. The van der Waals surface area contributed by atoms with Crippen molar-refractivity contribution in [1.29, 1.82) is 10.5 Å². The van der Waals surface area contributed by atoms with E-state index in [2.05, 4.69) is 11.1 Å². The Balaban J connectivity index is 2.32. The van der Waals surface area contributed by atoms with E-state index < -0.39 is 0 Å². The topological polar surface area (TPSA) is 69.7 Å². The minimum atomic E-state index is 0.280. The molecular formula is C14H9N3O. The number of benzene rings is 1. The van der Waals surface area contributed by atoms with Gasteiger partial charge in [-0.2, -0.15) is 10.5 Å². The average Bonchev–Trinajstić information content (AvgIpc) is 2.40. The molecule has 0 atom stereocenters.